The monoisotopic (exact) mass is 361 g/mol. The first-order valence-corrected chi connectivity index (χ1v) is 9.47. The molecule has 1 N–H and O–H groups in total. The van der Waals surface area contributed by atoms with Crippen LogP contribution >= 0.6 is 0 Å². The second-order valence-electron chi connectivity index (χ2n) is 7.32. The summed E-state index contributed by atoms with van der Waals surface area (Å²) in [5.74, 6) is 4.17. The summed E-state index contributed by atoms with van der Waals surface area (Å²) in [6, 6.07) is 0. The van der Waals surface area contributed by atoms with Crippen molar-refractivity contribution in [3.8, 4) is 11.8 Å². The first-order chi connectivity index (χ1) is 12.1. The van der Waals surface area contributed by atoms with E-state index in [0.29, 0.717) is 13.1 Å². The van der Waals surface area contributed by atoms with Gasteiger partial charge in [-0.05, 0) is 27.7 Å². The van der Waals surface area contributed by atoms with E-state index in [4.69, 9.17) is 4.74 Å². The maximum absolute atomic E-state index is 11.9. The summed E-state index contributed by atoms with van der Waals surface area (Å²) >= 11 is 2.21. The fourth-order valence-electron chi connectivity index (χ4n) is 2.20. The Morgan fingerprint density at radius 3 is 2.19 bits per heavy atom. The molecule has 1 rings (SSSR count). The van der Waals surface area contributed by atoms with Gasteiger partial charge >= 0.3 is 54.6 Å². The Kier molecular flexibility index (Phi) is 11.7. The molecular formula is C19H32LiNO5. The molecule has 1 aliphatic heterocycles. The van der Waals surface area contributed by atoms with Gasteiger partial charge in [0.25, 0.3) is 0 Å². The number of carbonyl (C=O) groups excluding carboxylic acids is 2. The van der Waals surface area contributed by atoms with Gasteiger partial charge in [0.15, 0.2) is 0 Å². The van der Waals surface area contributed by atoms with E-state index >= 15 is 0 Å². The summed E-state index contributed by atoms with van der Waals surface area (Å²) in [5.41, 5.74) is -1.81. The molecule has 0 atom stereocenters. The molecule has 1 heterocycles. The molecule has 0 aromatic rings. The van der Waals surface area contributed by atoms with Gasteiger partial charge in [0.2, 0.25) is 0 Å². The Morgan fingerprint density at radius 1 is 1.23 bits per heavy atom. The van der Waals surface area contributed by atoms with Gasteiger partial charge in [-0.3, -0.25) is 0 Å². The van der Waals surface area contributed by atoms with E-state index in [1.807, 2.05) is 0 Å². The Morgan fingerprint density at radius 2 is 1.81 bits per heavy atom. The minimum absolute atomic E-state index is 0.248. The summed E-state index contributed by atoms with van der Waals surface area (Å²) in [7, 11) is 0. The number of rotatable bonds is 3. The van der Waals surface area contributed by atoms with Crippen LogP contribution in [0.3, 0.4) is 0 Å². The quantitative estimate of drug-likeness (QED) is 0.362. The van der Waals surface area contributed by atoms with Crippen LogP contribution in [0.2, 0.25) is 5.09 Å². The number of hydrogen-bond acceptors (Lipinski definition) is 5. The molecule has 0 radical (unpaired) electrons. The number of amides is 1. The van der Waals surface area contributed by atoms with Crippen LogP contribution in [-0.4, -0.2) is 70.7 Å². The third-order valence-electron chi connectivity index (χ3n) is 3.62. The summed E-state index contributed by atoms with van der Waals surface area (Å²) in [5, 5.41) is 11.6. The van der Waals surface area contributed by atoms with E-state index in [9.17, 15) is 14.7 Å². The average Bonchev–Trinajstić information content (AvgIpc) is 2.54. The molecule has 1 aliphatic rings. The number of carbonyl (C=O) groups is 2. The zero-order valence-corrected chi connectivity index (χ0v) is 17.2. The topological polar surface area (TPSA) is 76.1 Å². The molecule has 0 aromatic heterocycles. The van der Waals surface area contributed by atoms with Crippen molar-refractivity contribution < 1.29 is 24.2 Å². The van der Waals surface area contributed by atoms with Crippen LogP contribution in [0.15, 0.2) is 0 Å². The van der Waals surface area contributed by atoms with E-state index in [-0.39, 0.29) is 19.4 Å². The first-order valence-electron chi connectivity index (χ1n) is 9.47. The van der Waals surface area contributed by atoms with Crippen molar-refractivity contribution in [1.82, 2.24) is 4.90 Å². The third-order valence-corrected chi connectivity index (χ3v) is 3.62. The van der Waals surface area contributed by atoms with Crippen LogP contribution < -0.4 is 0 Å². The van der Waals surface area contributed by atoms with Crippen molar-refractivity contribution in [2.75, 3.05) is 19.7 Å². The normalized spacial score (nSPS) is 15.8. The molecule has 7 heteroatoms. The van der Waals surface area contributed by atoms with Gasteiger partial charge < -0.3 is 19.5 Å². The molecule has 144 valence electrons. The van der Waals surface area contributed by atoms with Crippen molar-refractivity contribution in [3.05, 3.63) is 0 Å². The van der Waals surface area contributed by atoms with Gasteiger partial charge in [-0.25, -0.2) is 9.59 Å². The number of nitrogens with zero attached hydrogens (tertiary/aromatic N) is 1. The van der Waals surface area contributed by atoms with Gasteiger partial charge in [0.05, 0.1) is 6.61 Å². The number of piperidine rings is 1. The van der Waals surface area contributed by atoms with E-state index in [1.54, 1.807) is 27.7 Å². The summed E-state index contributed by atoms with van der Waals surface area (Å²) in [6.07, 6.45) is 2.89. The van der Waals surface area contributed by atoms with E-state index < -0.39 is 23.3 Å². The molecule has 0 unspecified atom stereocenters. The average molecular weight is 361 g/mol. The van der Waals surface area contributed by atoms with Crippen LogP contribution in [0.1, 0.15) is 60.3 Å². The number of aliphatic hydroxyl groups is 1. The summed E-state index contributed by atoms with van der Waals surface area (Å²) < 4.78 is 9.95. The Balaban J connectivity index is 0.00000110. The second kappa shape index (κ2) is 12.3. The Labute approximate surface area is 167 Å². The number of unbranched alkanes of at least 4 members (excludes halogenated alkanes) is 1. The predicted octanol–water partition coefficient (Wildman–Crippen LogP) is 2.69. The SMILES string of the molecule is CCOC(=O)C#CC1(O)CCN(C(=O)OC(C)(C)C)CC1.[Li][CH2]CCC. The van der Waals surface area contributed by atoms with Crippen LogP contribution in [0.25, 0.3) is 0 Å². The van der Waals surface area contributed by atoms with E-state index in [1.165, 1.54) is 22.8 Å². The van der Waals surface area contributed by atoms with Crippen molar-refractivity contribution in [1.29, 1.82) is 0 Å². The standard InChI is InChI=1S/C15H23NO5.C4H9.Li/c1-5-20-12(17)6-7-15(19)8-10-16(11-9-15)13(18)21-14(2,3)4;1-3-4-2;/h19H,5,8-11H2,1-4H3;1,3-4H2,2H3;. The van der Waals surface area contributed by atoms with Crippen molar-refractivity contribution in [2.24, 2.45) is 0 Å². The van der Waals surface area contributed by atoms with Crippen LogP contribution in [0, 0.1) is 11.8 Å². The summed E-state index contributed by atoms with van der Waals surface area (Å²) in [4.78, 5) is 24.6. The molecule has 1 fully saturated rings. The van der Waals surface area contributed by atoms with Crippen molar-refractivity contribution in [3.63, 3.8) is 0 Å². The zero-order valence-electron chi connectivity index (χ0n) is 17.2. The number of ether oxygens (including phenoxy) is 2. The fraction of sp³-hybridized carbons (Fsp3) is 0.789. The molecule has 1 saturated heterocycles. The van der Waals surface area contributed by atoms with Gasteiger partial charge in [-0.15, -0.1) is 0 Å². The number of likely N-dealkylation sites (tertiary alicyclic amines) is 1. The summed E-state index contributed by atoms with van der Waals surface area (Å²) in [6.45, 7) is 10.2. The number of esters is 1. The molecule has 0 aliphatic carbocycles. The van der Waals surface area contributed by atoms with Crippen LogP contribution in [0.4, 0.5) is 4.79 Å². The molecule has 26 heavy (non-hydrogen) atoms. The predicted molar refractivity (Wildman–Crippen MR) is 102 cm³/mol. The number of hydrogen-bond donors (Lipinski definition) is 1. The molecule has 0 bridgehead atoms. The van der Waals surface area contributed by atoms with Crippen LogP contribution in [-0.2, 0) is 14.3 Å². The van der Waals surface area contributed by atoms with Crippen molar-refractivity contribution in [2.45, 2.75) is 76.6 Å². The first kappa shape index (κ1) is 24.9. The fourth-order valence-corrected chi connectivity index (χ4v) is 2.20. The second-order valence-corrected chi connectivity index (χ2v) is 7.32. The molecule has 0 aromatic carbocycles. The zero-order chi connectivity index (χ0) is 20.2. The molecule has 6 nitrogen and oxygen atoms in total. The maximum atomic E-state index is 11.9. The van der Waals surface area contributed by atoms with Crippen LogP contribution in [0.5, 0.6) is 0 Å². The third kappa shape index (κ3) is 11.5. The minimum atomic E-state index is -1.26. The van der Waals surface area contributed by atoms with Gasteiger partial charge in [-0.2, -0.15) is 0 Å². The van der Waals surface area contributed by atoms with Crippen molar-refractivity contribution >= 4 is 29.8 Å². The Hall–Kier alpha value is -1.14. The molecule has 1 amide bonds. The van der Waals surface area contributed by atoms with E-state index in [0.717, 1.165) is 0 Å². The molecule has 0 saturated carbocycles. The van der Waals surface area contributed by atoms with Gasteiger partial charge in [0.1, 0.15) is 11.2 Å². The Bertz CT molecular complexity index is 494. The molecular weight excluding hydrogens is 329 g/mol. The molecule has 0 spiro atoms. The van der Waals surface area contributed by atoms with Gasteiger partial charge in [-0.1, -0.05) is 5.92 Å². The van der Waals surface area contributed by atoms with E-state index in [2.05, 4.69) is 41.2 Å². The van der Waals surface area contributed by atoms with Gasteiger partial charge in [0, 0.05) is 31.9 Å².